The van der Waals surface area contributed by atoms with Crippen molar-refractivity contribution in [1.29, 1.82) is 0 Å². The molecule has 0 bridgehead atoms. The van der Waals surface area contributed by atoms with Crippen LogP contribution in [0.1, 0.15) is 39.7 Å². The summed E-state index contributed by atoms with van der Waals surface area (Å²) < 4.78 is 0. The van der Waals surface area contributed by atoms with E-state index in [9.17, 15) is 24.9 Å². The molecule has 1 aliphatic carbocycles. The predicted molar refractivity (Wildman–Crippen MR) is 118 cm³/mol. The average molecular weight is 428 g/mol. The second-order valence-corrected chi connectivity index (χ2v) is 9.05. The van der Waals surface area contributed by atoms with Gasteiger partial charge in [0.25, 0.3) is 5.91 Å². The summed E-state index contributed by atoms with van der Waals surface area (Å²) in [6, 6.07) is 9.52. The van der Waals surface area contributed by atoms with Gasteiger partial charge in [0.1, 0.15) is 6.10 Å². The van der Waals surface area contributed by atoms with Crippen LogP contribution in [0.2, 0.25) is 0 Å². The third kappa shape index (κ3) is 4.25. The van der Waals surface area contributed by atoms with E-state index in [0.29, 0.717) is 12.8 Å². The monoisotopic (exact) mass is 427 g/mol. The normalized spacial score (nSPS) is 32.7. The SMILES string of the molecule is CC1=C(C)[C@H]2[C@H](Cc3ccccc3)NC(=O)[C@@]2(O)[C@@H](/C=C/C[C@H](C)C(=O)[C@H](C)O)[C@@H]1O. The van der Waals surface area contributed by atoms with Crippen molar-refractivity contribution < 1.29 is 24.9 Å². The van der Waals surface area contributed by atoms with Crippen LogP contribution in [-0.2, 0) is 16.0 Å². The van der Waals surface area contributed by atoms with Crippen molar-refractivity contribution in [3.63, 3.8) is 0 Å². The molecule has 1 saturated heterocycles. The number of ketones is 1. The van der Waals surface area contributed by atoms with E-state index >= 15 is 0 Å². The number of amides is 1. The van der Waals surface area contributed by atoms with Crippen LogP contribution in [0.3, 0.4) is 0 Å². The third-order valence-electron chi connectivity index (χ3n) is 6.97. The van der Waals surface area contributed by atoms with Gasteiger partial charge in [0.15, 0.2) is 11.4 Å². The van der Waals surface area contributed by atoms with Crippen molar-refractivity contribution >= 4 is 11.7 Å². The fourth-order valence-electron chi connectivity index (χ4n) is 5.04. The molecule has 1 fully saturated rings. The zero-order valence-corrected chi connectivity index (χ0v) is 18.6. The van der Waals surface area contributed by atoms with Crippen molar-refractivity contribution in [3.05, 3.63) is 59.2 Å². The Hall–Kier alpha value is -2.28. The van der Waals surface area contributed by atoms with Crippen molar-refractivity contribution in [3.8, 4) is 0 Å². The lowest BCUT2D eigenvalue weighted by atomic mass is 9.63. The maximum atomic E-state index is 13.0. The first-order valence-corrected chi connectivity index (χ1v) is 10.9. The number of allylic oxidation sites excluding steroid dienone is 1. The number of rotatable bonds is 7. The van der Waals surface area contributed by atoms with Crippen molar-refractivity contribution in [2.24, 2.45) is 17.8 Å². The van der Waals surface area contributed by atoms with Crippen LogP contribution in [0.4, 0.5) is 0 Å². The Morgan fingerprint density at radius 1 is 1.19 bits per heavy atom. The Kier molecular flexibility index (Phi) is 6.84. The number of aliphatic hydroxyl groups is 3. The first-order valence-electron chi connectivity index (χ1n) is 10.9. The lowest BCUT2D eigenvalue weighted by molar-refractivity contribution is -0.147. The van der Waals surface area contributed by atoms with Gasteiger partial charge in [0, 0.05) is 23.8 Å². The molecule has 0 saturated carbocycles. The number of carbonyl (C=O) groups is 2. The Bertz CT molecular complexity index is 890. The van der Waals surface area contributed by atoms with Crippen LogP contribution < -0.4 is 5.32 Å². The van der Waals surface area contributed by atoms with E-state index < -0.39 is 41.5 Å². The van der Waals surface area contributed by atoms with Gasteiger partial charge in [-0.1, -0.05) is 55.0 Å². The van der Waals surface area contributed by atoms with Gasteiger partial charge >= 0.3 is 0 Å². The molecule has 1 aromatic carbocycles. The van der Waals surface area contributed by atoms with Gasteiger partial charge in [0.05, 0.1) is 6.10 Å². The van der Waals surface area contributed by atoms with E-state index in [0.717, 1.165) is 16.7 Å². The molecule has 4 N–H and O–H groups in total. The Balaban J connectivity index is 1.89. The number of fused-ring (bicyclic) bond motifs is 1. The fraction of sp³-hybridized carbons (Fsp3) is 0.520. The smallest absolute Gasteiger partial charge is 0.253 e. The molecule has 31 heavy (non-hydrogen) atoms. The van der Waals surface area contributed by atoms with Crippen LogP contribution in [0.15, 0.2) is 53.6 Å². The number of nitrogens with one attached hydrogen (secondary N) is 1. The standard InChI is InChI=1S/C25H33NO5/c1-14(22(28)17(4)27)9-8-12-19-23(29)16(3)15(2)21-20(26-24(30)25(19,21)31)13-18-10-6-5-7-11-18/h5-8,10-12,14,17,19-21,23,27,29,31H,9,13H2,1-4H3,(H,26,30)/b12-8+/t14-,17-,19-,20-,21-,23+,25+/m0/s1. The third-order valence-corrected chi connectivity index (χ3v) is 6.97. The first kappa shape index (κ1) is 23.4. The molecule has 168 valence electrons. The van der Waals surface area contributed by atoms with E-state index in [4.69, 9.17) is 0 Å². The maximum absolute atomic E-state index is 13.0. The minimum Gasteiger partial charge on any atom is -0.388 e. The van der Waals surface area contributed by atoms with Gasteiger partial charge in [-0.3, -0.25) is 9.59 Å². The second-order valence-electron chi connectivity index (χ2n) is 9.05. The molecule has 1 aromatic rings. The molecular weight excluding hydrogens is 394 g/mol. The molecule has 1 heterocycles. The van der Waals surface area contributed by atoms with Gasteiger partial charge in [-0.25, -0.2) is 0 Å². The van der Waals surface area contributed by atoms with Crippen LogP contribution >= 0.6 is 0 Å². The molecular formula is C25H33NO5. The largest absolute Gasteiger partial charge is 0.388 e. The maximum Gasteiger partial charge on any atom is 0.253 e. The molecule has 0 spiro atoms. The predicted octanol–water partition coefficient (Wildman–Crippen LogP) is 1.93. The highest BCUT2D eigenvalue weighted by Gasteiger charge is 2.62. The van der Waals surface area contributed by atoms with E-state index in [-0.39, 0.29) is 11.8 Å². The molecule has 0 radical (unpaired) electrons. The Morgan fingerprint density at radius 3 is 2.45 bits per heavy atom. The minimum atomic E-state index is -1.77. The molecule has 2 aliphatic rings. The van der Waals surface area contributed by atoms with Gasteiger partial charge < -0.3 is 20.6 Å². The summed E-state index contributed by atoms with van der Waals surface area (Å²) in [5.41, 5.74) is 0.881. The molecule has 1 aliphatic heterocycles. The first-order chi connectivity index (χ1) is 14.6. The molecule has 3 rings (SSSR count). The Labute approximate surface area is 183 Å². The van der Waals surface area contributed by atoms with Crippen molar-refractivity contribution in [2.45, 2.75) is 64.4 Å². The molecule has 1 amide bonds. The van der Waals surface area contributed by atoms with Gasteiger partial charge in [-0.15, -0.1) is 0 Å². The van der Waals surface area contributed by atoms with Gasteiger partial charge in [0.2, 0.25) is 0 Å². The number of aliphatic hydroxyl groups excluding tert-OH is 2. The topological polar surface area (TPSA) is 107 Å². The second kappa shape index (κ2) is 9.07. The fourth-order valence-corrected chi connectivity index (χ4v) is 5.04. The van der Waals surface area contributed by atoms with E-state index in [1.807, 2.05) is 44.2 Å². The quantitative estimate of drug-likeness (QED) is 0.498. The number of benzene rings is 1. The number of hydrogen-bond acceptors (Lipinski definition) is 5. The highest BCUT2D eigenvalue weighted by molar-refractivity contribution is 5.90. The number of hydrogen-bond donors (Lipinski definition) is 4. The summed E-state index contributed by atoms with van der Waals surface area (Å²) in [7, 11) is 0. The van der Waals surface area contributed by atoms with Crippen LogP contribution in [0.25, 0.3) is 0 Å². The highest BCUT2D eigenvalue weighted by Crippen LogP contribution is 2.48. The summed E-state index contributed by atoms with van der Waals surface area (Å²) in [6.07, 6.45) is 2.27. The Morgan fingerprint density at radius 2 is 1.84 bits per heavy atom. The van der Waals surface area contributed by atoms with Crippen LogP contribution in [0, 0.1) is 17.8 Å². The zero-order chi connectivity index (χ0) is 22.9. The van der Waals surface area contributed by atoms with E-state index in [1.165, 1.54) is 6.92 Å². The summed E-state index contributed by atoms with van der Waals surface area (Å²) >= 11 is 0. The summed E-state index contributed by atoms with van der Waals surface area (Å²) in [6.45, 7) is 6.87. The molecule has 6 nitrogen and oxygen atoms in total. The van der Waals surface area contributed by atoms with E-state index in [2.05, 4.69) is 5.32 Å². The highest BCUT2D eigenvalue weighted by atomic mass is 16.3. The van der Waals surface area contributed by atoms with Crippen molar-refractivity contribution in [2.75, 3.05) is 0 Å². The van der Waals surface area contributed by atoms with Gasteiger partial charge in [-0.2, -0.15) is 0 Å². The van der Waals surface area contributed by atoms with E-state index in [1.54, 1.807) is 19.1 Å². The number of carbonyl (C=O) groups excluding carboxylic acids is 2. The molecule has 6 heteroatoms. The summed E-state index contributed by atoms with van der Waals surface area (Å²) in [4.78, 5) is 25.0. The summed E-state index contributed by atoms with van der Waals surface area (Å²) in [5, 5.41) is 35.0. The zero-order valence-electron chi connectivity index (χ0n) is 18.6. The lowest BCUT2D eigenvalue weighted by Gasteiger charge is -2.43. The van der Waals surface area contributed by atoms with Gasteiger partial charge in [-0.05, 0) is 44.7 Å². The van der Waals surface area contributed by atoms with Crippen LogP contribution in [0.5, 0.6) is 0 Å². The van der Waals surface area contributed by atoms with Crippen molar-refractivity contribution in [1.82, 2.24) is 5.32 Å². The minimum absolute atomic E-state index is 0.265. The molecule has 7 atom stereocenters. The summed E-state index contributed by atoms with van der Waals surface area (Å²) in [5.74, 6) is -2.43. The lowest BCUT2D eigenvalue weighted by Crippen LogP contribution is -2.56. The average Bonchev–Trinajstić information content (AvgIpc) is 2.99. The van der Waals surface area contributed by atoms with Crippen LogP contribution in [-0.4, -0.2) is 50.9 Å². The molecule has 0 unspecified atom stereocenters. The number of Topliss-reactive ketones (excluding diaryl/α,β-unsaturated/α-hetero) is 1. The molecule has 0 aromatic heterocycles.